The zero-order valence-electron chi connectivity index (χ0n) is 9.40. The Morgan fingerprint density at radius 1 is 1.47 bits per heavy atom. The second-order valence-electron chi connectivity index (χ2n) is 3.07. The minimum atomic E-state index is -0.590. The quantitative estimate of drug-likeness (QED) is 0.647. The third-order valence-electron chi connectivity index (χ3n) is 2.04. The van der Waals surface area contributed by atoms with Crippen LogP contribution in [0.5, 0.6) is 0 Å². The summed E-state index contributed by atoms with van der Waals surface area (Å²) in [6.07, 6.45) is 4.98. The van der Waals surface area contributed by atoms with E-state index in [1.807, 2.05) is 0 Å². The molecule has 1 aromatic rings. The van der Waals surface area contributed by atoms with E-state index in [0.29, 0.717) is 5.56 Å². The lowest BCUT2D eigenvalue weighted by Gasteiger charge is -2.01. The number of ether oxygens (including phenoxy) is 2. The number of nitrogens with two attached hydrogens (primary N) is 1. The van der Waals surface area contributed by atoms with Crippen LogP contribution in [0.25, 0.3) is 0 Å². The van der Waals surface area contributed by atoms with Gasteiger partial charge in [0.05, 0.1) is 12.7 Å². The van der Waals surface area contributed by atoms with Crippen LogP contribution < -0.4 is 5.73 Å². The van der Waals surface area contributed by atoms with Crippen LogP contribution in [0.2, 0.25) is 0 Å². The lowest BCUT2D eigenvalue weighted by molar-refractivity contribution is 0.0561. The molecule has 0 unspecified atom stereocenters. The summed E-state index contributed by atoms with van der Waals surface area (Å²) in [5.41, 5.74) is 6.30. The highest BCUT2D eigenvalue weighted by Crippen LogP contribution is 2.31. The number of esters is 2. The fourth-order valence-corrected chi connectivity index (χ4v) is 2.21. The number of carbonyl (C=O) groups is 2. The maximum atomic E-state index is 11.6. The summed E-state index contributed by atoms with van der Waals surface area (Å²) in [7, 11) is 1.25. The van der Waals surface area contributed by atoms with E-state index in [1.165, 1.54) is 7.11 Å². The average Bonchev–Trinajstić information content (AvgIpc) is 2.61. The summed E-state index contributed by atoms with van der Waals surface area (Å²) < 4.78 is 9.34. The SMILES string of the molecule is C#CCOC(=O)c1sc(N)c(C(=O)OC)c1C. The van der Waals surface area contributed by atoms with Gasteiger partial charge in [-0.1, -0.05) is 5.92 Å². The summed E-state index contributed by atoms with van der Waals surface area (Å²) >= 11 is 0.977. The third-order valence-corrected chi connectivity index (χ3v) is 3.14. The summed E-state index contributed by atoms with van der Waals surface area (Å²) in [5.74, 6) is 1.01. The monoisotopic (exact) mass is 253 g/mol. The maximum Gasteiger partial charge on any atom is 0.349 e. The molecule has 1 aromatic heterocycles. The van der Waals surface area contributed by atoms with Crippen LogP contribution in [0.4, 0.5) is 5.00 Å². The van der Waals surface area contributed by atoms with E-state index < -0.39 is 11.9 Å². The first-order valence-electron chi connectivity index (χ1n) is 4.60. The zero-order chi connectivity index (χ0) is 13.0. The second kappa shape index (κ2) is 5.37. The normalized spacial score (nSPS) is 9.47. The Kier molecular flexibility index (Phi) is 4.12. The summed E-state index contributed by atoms with van der Waals surface area (Å²) in [4.78, 5) is 23.3. The van der Waals surface area contributed by atoms with E-state index >= 15 is 0 Å². The fourth-order valence-electron chi connectivity index (χ4n) is 1.26. The van der Waals surface area contributed by atoms with Gasteiger partial charge in [-0.05, 0) is 12.5 Å². The molecule has 1 rings (SSSR count). The molecule has 1 heterocycles. The first-order chi connectivity index (χ1) is 8.02. The Morgan fingerprint density at radius 3 is 2.65 bits per heavy atom. The van der Waals surface area contributed by atoms with E-state index in [1.54, 1.807) is 6.92 Å². The molecular formula is C11H11NO4S. The van der Waals surface area contributed by atoms with Gasteiger partial charge in [0, 0.05) is 0 Å². The van der Waals surface area contributed by atoms with Gasteiger partial charge in [0.1, 0.15) is 9.88 Å². The number of terminal acetylenes is 1. The Hall–Kier alpha value is -2.00. The van der Waals surface area contributed by atoms with Gasteiger partial charge in [-0.3, -0.25) is 0 Å². The van der Waals surface area contributed by atoms with Crippen molar-refractivity contribution in [3.05, 3.63) is 16.0 Å². The Bertz CT molecular complexity index is 498. The van der Waals surface area contributed by atoms with Crippen LogP contribution in [0, 0.1) is 19.3 Å². The summed E-state index contributed by atoms with van der Waals surface area (Å²) in [5, 5.41) is 0.224. The first kappa shape index (κ1) is 13.1. The van der Waals surface area contributed by atoms with Crippen LogP contribution in [0.15, 0.2) is 0 Å². The minimum Gasteiger partial charge on any atom is -0.465 e. The van der Waals surface area contributed by atoms with E-state index in [9.17, 15) is 9.59 Å². The Labute approximate surface area is 103 Å². The lowest BCUT2D eigenvalue weighted by Crippen LogP contribution is -2.07. The van der Waals surface area contributed by atoms with Crippen LogP contribution >= 0.6 is 11.3 Å². The molecule has 0 fully saturated rings. The van der Waals surface area contributed by atoms with Gasteiger partial charge in [0.25, 0.3) is 0 Å². The molecule has 0 atom stereocenters. The van der Waals surface area contributed by atoms with Crippen molar-refractivity contribution in [1.29, 1.82) is 0 Å². The van der Waals surface area contributed by atoms with Gasteiger partial charge in [-0.25, -0.2) is 9.59 Å². The van der Waals surface area contributed by atoms with Gasteiger partial charge in [-0.15, -0.1) is 17.8 Å². The average molecular weight is 253 g/mol. The van der Waals surface area contributed by atoms with Gasteiger partial charge in [-0.2, -0.15) is 0 Å². The van der Waals surface area contributed by atoms with E-state index in [2.05, 4.69) is 10.7 Å². The van der Waals surface area contributed by atoms with Gasteiger partial charge < -0.3 is 15.2 Å². The van der Waals surface area contributed by atoms with Crippen molar-refractivity contribution in [2.45, 2.75) is 6.92 Å². The van der Waals surface area contributed by atoms with Gasteiger partial charge in [0.15, 0.2) is 6.61 Å². The standard InChI is InChI=1S/C11H11NO4S/c1-4-5-16-11(14)8-6(2)7(9(12)17-8)10(13)15-3/h1H,5,12H2,2-3H3. The molecule has 17 heavy (non-hydrogen) atoms. The molecule has 0 spiro atoms. The van der Waals surface area contributed by atoms with Crippen molar-refractivity contribution in [2.24, 2.45) is 0 Å². The summed E-state index contributed by atoms with van der Waals surface area (Å²) in [6.45, 7) is 1.48. The number of hydrogen-bond acceptors (Lipinski definition) is 6. The van der Waals surface area contributed by atoms with Crippen molar-refractivity contribution in [3.8, 4) is 12.3 Å². The predicted molar refractivity (Wildman–Crippen MR) is 63.9 cm³/mol. The molecule has 0 saturated heterocycles. The molecule has 0 bridgehead atoms. The molecule has 90 valence electrons. The highest BCUT2D eigenvalue weighted by molar-refractivity contribution is 7.18. The van der Waals surface area contributed by atoms with E-state index in [-0.39, 0.29) is 22.0 Å². The number of hydrogen-bond donors (Lipinski definition) is 1. The molecule has 2 N–H and O–H groups in total. The molecule has 0 aliphatic heterocycles. The van der Waals surface area contributed by atoms with E-state index in [0.717, 1.165) is 11.3 Å². The number of thiophene rings is 1. The number of anilines is 1. The molecule has 0 amide bonds. The second-order valence-corrected chi connectivity index (χ2v) is 4.12. The molecule has 0 radical (unpaired) electrons. The molecule has 0 saturated carbocycles. The van der Waals surface area contributed by atoms with Crippen molar-refractivity contribution in [1.82, 2.24) is 0 Å². The highest BCUT2D eigenvalue weighted by atomic mass is 32.1. The number of carbonyl (C=O) groups excluding carboxylic acids is 2. The van der Waals surface area contributed by atoms with Crippen molar-refractivity contribution >= 4 is 28.3 Å². The first-order valence-corrected chi connectivity index (χ1v) is 5.42. The minimum absolute atomic E-state index is 0.121. The van der Waals surface area contributed by atoms with Crippen LogP contribution in [-0.2, 0) is 9.47 Å². The van der Waals surface area contributed by atoms with Gasteiger partial charge in [0.2, 0.25) is 0 Å². The topological polar surface area (TPSA) is 78.6 Å². The summed E-state index contributed by atoms with van der Waals surface area (Å²) in [6, 6.07) is 0. The smallest absolute Gasteiger partial charge is 0.349 e. The Balaban J connectivity index is 3.09. The van der Waals surface area contributed by atoms with Crippen molar-refractivity contribution < 1.29 is 19.1 Å². The zero-order valence-corrected chi connectivity index (χ0v) is 10.2. The van der Waals surface area contributed by atoms with E-state index in [4.69, 9.17) is 16.9 Å². The molecule has 0 aromatic carbocycles. The molecule has 0 aliphatic rings. The number of rotatable bonds is 3. The van der Waals surface area contributed by atoms with Crippen molar-refractivity contribution in [3.63, 3.8) is 0 Å². The fraction of sp³-hybridized carbons (Fsp3) is 0.273. The Morgan fingerprint density at radius 2 is 2.12 bits per heavy atom. The number of nitrogen functional groups attached to an aromatic ring is 1. The molecule has 6 heteroatoms. The predicted octanol–water partition coefficient (Wildman–Crippen LogP) is 1.22. The van der Waals surface area contributed by atoms with Crippen molar-refractivity contribution in [2.75, 3.05) is 19.5 Å². The van der Waals surface area contributed by atoms with Crippen LogP contribution in [0.3, 0.4) is 0 Å². The molecule has 5 nitrogen and oxygen atoms in total. The van der Waals surface area contributed by atoms with Crippen LogP contribution in [0.1, 0.15) is 25.6 Å². The van der Waals surface area contributed by atoms with Gasteiger partial charge >= 0.3 is 11.9 Å². The van der Waals surface area contributed by atoms with Crippen LogP contribution in [-0.4, -0.2) is 25.7 Å². The maximum absolute atomic E-state index is 11.6. The third kappa shape index (κ3) is 2.57. The lowest BCUT2D eigenvalue weighted by atomic mass is 10.1. The largest absolute Gasteiger partial charge is 0.465 e. The molecule has 0 aliphatic carbocycles. The molecular weight excluding hydrogens is 242 g/mol. The highest BCUT2D eigenvalue weighted by Gasteiger charge is 2.24. The number of methoxy groups -OCH3 is 1.